The summed E-state index contributed by atoms with van der Waals surface area (Å²) in [6, 6.07) is 17.5. The zero-order valence-corrected chi connectivity index (χ0v) is 60.6. The van der Waals surface area contributed by atoms with Crippen molar-refractivity contribution < 1.29 is 43.9 Å². The van der Waals surface area contributed by atoms with Crippen LogP contribution < -0.4 is 14.2 Å². The molecule has 15 nitrogen and oxygen atoms in total. The molecule has 2 unspecified atom stereocenters. The largest absolute Gasteiger partial charge is 0.370 e. The van der Waals surface area contributed by atoms with Gasteiger partial charge < -0.3 is 28.9 Å². The molecule has 0 bridgehead atoms. The lowest BCUT2D eigenvalue weighted by atomic mass is 9.75. The fraction of sp³-hybridized carbons (Fsp3) is 0.657. The lowest BCUT2D eigenvalue weighted by Crippen LogP contribution is -2.54. The first-order valence-electron chi connectivity index (χ1n) is 34.5. The van der Waals surface area contributed by atoms with Crippen molar-refractivity contribution in [2.24, 2.45) is 17.8 Å². The maximum atomic E-state index is 16.3. The van der Waals surface area contributed by atoms with Crippen molar-refractivity contribution in [1.29, 1.82) is 0 Å². The van der Waals surface area contributed by atoms with Gasteiger partial charge in [0.05, 0.1) is 47.9 Å². The number of hydrogen-bond acceptors (Lipinski definition) is 15. The molecule has 6 aliphatic heterocycles. The number of sulfonamides is 3. The predicted molar refractivity (Wildman–Crippen MR) is 368 cm³/mol. The predicted octanol–water partition coefficient (Wildman–Crippen LogP) is 12.1. The Morgan fingerprint density at radius 2 is 0.957 bits per heavy atom. The molecule has 8 atom stereocenters. The number of nitrogens with one attached hydrogen (secondary N) is 3. The fourth-order valence-corrected chi connectivity index (χ4v) is 25.6. The molecular weight excluding hydrogens is 1320 g/mol. The maximum Gasteiger partial charge on any atom is 0.243 e. The van der Waals surface area contributed by atoms with Crippen LogP contribution in [0.4, 0.5) is 4.39 Å². The van der Waals surface area contributed by atoms with Crippen LogP contribution in [0.15, 0.2) is 64.4 Å². The van der Waals surface area contributed by atoms with E-state index in [2.05, 4.69) is 88.6 Å². The van der Waals surface area contributed by atoms with E-state index in [0.29, 0.717) is 48.6 Å². The maximum absolute atomic E-state index is 16.3. The number of fused-ring (bicyclic) bond motifs is 6. The minimum absolute atomic E-state index is 0.0322. The number of aryl methyl sites for hydroxylation is 3. The number of likely N-dealkylation sites (tertiary alicyclic amines) is 3. The Hall–Kier alpha value is -2.75. The van der Waals surface area contributed by atoms with E-state index in [1.165, 1.54) is 64.3 Å². The van der Waals surface area contributed by atoms with Crippen LogP contribution in [-0.4, -0.2) is 142 Å². The summed E-state index contributed by atoms with van der Waals surface area (Å²) in [7, 11) is -11.2. The average molecular weight is 1410 g/mol. The highest BCUT2D eigenvalue weighted by Gasteiger charge is 2.51. The van der Waals surface area contributed by atoms with E-state index < -0.39 is 47.1 Å². The molecule has 0 amide bonds. The molecule has 9 aliphatic rings. The summed E-state index contributed by atoms with van der Waals surface area (Å²) in [5.41, 5.74) is 4.42. The average Bonchev–Trinajstić information content (AvgIpc) is 1.72. The molecule has 93 heavy (non-hydrogen) atoms. The zero-order chi connectivity index (χ0) is 65.1. The van der Waals surface area contributed by atoms with Crippen LogP contribution in [0, 0.1) is 23.6 Å². The summed E-state index contributed by atoms with van der Waals surface area (Å²) in [5.74, 6) is 0.140. The quantitative estimate of drug-likeness (QED) is 0.0714. The molecule has 3 aliphatic carbocycles. The monoisotopic (exact) mass is 1410 g/mol. The van der Waals surface area contributed by atoms with Gasteiger partial charge in [0.2, 0.25) is 30.1 Å². The van der Waals surface area contributed by atoms with Crippen LogP contribution in [-0.2, 0) is 86.8 Å². The summed E-state index contributed by atoms with van der Waals surface area (Å²) in [6.07, 6.45) is 15.0. The molecule has 0 radical (unpaired) electrons. The smallest absolute Gasteiger partial charge is 0.243 e. The van der Waals surface area contributed by atoms with E-state index in [0.717, 1.165) is 154 Å². The number of nitrogens with zero attached hydrogens (tertiary/aromatic N) is 3. The van der Waals surface area contributed by atoms with Crippen molar-refractivity contribution in [2.75, 3.05) is 65.3 Å². The summed E-state index contributed by atoms with van der Waals surface area (Å²) in [4.78, 5) is 15.3. The number of hydrogen-bond donors (Lipinski definition) is 3. The summed E-state index contributed by atoms with van der Waals surface area (Å²) >= 11 is 12.5. The van der Waals surface area contributed by atoms with Crippen molar-refractivity contribution in [3.63, 3.8) is 0 Å². The van der Waals surface area contributed by atoms with Gasteiger partial charge in [0.25, 0.3) is 0 Å². The first kappa shape index (κ1) is 67.4. The number of ether oxygens (including phenoxy) is 3. The van der Waals surface area contributed by atoms with Gasteiger partial charge in [0.1, 0.15) is 15.6 Å². The van der Waals surface area contributed by atoms with Gasteiger partial charge in [0.15, 0.2) is 0 Å². The standard InChI is InChI=1S/C70H94ClFN6O9S6/c1-8-53-31-58-63(88-53)15-22-85-68(58)16-19-76(42(4)34-68)38-47-27-52(28-47)75-93(83,84)65-14-12-49(30-62(65)72)57-41-87-70(60-33-55(10-3)90-67(57)60)18-21-78(44(6)36-70)39-46-25-51(26-46)74-92(81,82)64-13-11-48(29-61(64)71)56-40-86-69(59-32-54(9-2)89-66(56)59)17-20-77(43(5)35-69)37-45-23-50(24-45)73-91(7,79)80/h11-14,29-33,42-47,50-52,56-57,73-75H,8-10,15-28,34-41H2,1-7H3/t42-,43-,44-,45-,46-,47-,50+,51+,52+,56?,57?,68+,69+,70+/m0/s1. The first-order chi connectivity index (χ1) is 44.3. The lowest BCUT2D eigenvalue weighted by Gasteiger charge is -2.50. The molecule has 3 saturated carbocycles. The highest BCUT2D eigenvalue weighted by Crippen LogP contribution is 2.54. The van der Waals surface area contributed by atoms with Gasteiger partial charge in [-0.25, -0.2) is 43.8 Å². The minimum Gasteiger partial charge on any atom is -0.370 e. The summed E-state index contributed by atoms with van der Waals surface area (Å²) < 4.78 is 125. The van der Waals surface area contributed by atoms with E-state index >= 15 is 4.39 Å². The highest BCUT2D eigenvalue weighted by atomic mass is 35.5. The van der Waals surface area contributed by atoms with Crippen LogP contribution in [0.5, 0.6) is 0 Å². The molecule has 9 heterocycles. The molecule has 5 aromatic rings. The Morgan fingerprint density at radius 1 is 0.548 bits per heavy atom. The highest BCUT2D eigenvalue weighted by molar-refractivity contribution is 7.90. The molecule has 3 N–H and O–H groups in total. The minimum atomic E-state index is -4.10. The van der Waals surface area contributed by atoms with Crippen molar-refractivity contribution in [2.45, 2.75) is 219 Å². The SMILES string of the molecule is CCc1cc2c(s1)CCO[C@@]21CCN(C[C@H]2C[C@@H](NS(=O)(=O)c3ccc(C4CO[C@@]5(CCN(C[C@H]6C[C@@H](NS(=O)(=O)c7ccc(C8CO[C@@]9(CCN(C[C@H]%10C[C@@H](NS(C)(=O)=O)C%10)[C@@H](C)C9)c9cc(CC)sc98)cc7Cl)C6)[C@@H](C)C5)c5cc(CC)sc54)cc3F)C2)[C@@H](C)C1. The molecule has 3 saturated heterocycles. The van der Waals surface area contributed by atoms with E-state index in [-0.39, 0.29) is 56.4 Å². The van der Waals surface area contributed by atoms with Crippen molar-refractivity contribution in [3.05, 3.63) is 123 Å². The summed E-state index contributed by atoms with van der Waals surface area (Å²) in [6.45, 7) is 20.5. The van der Waals surface area contributed by atoms with Crippen LogP contribution >= 0.6 is 45.6 Å². The van der Waals surface area contributed by atoms with Crippen molar-refractivity contribution in [1.82, 2.24) is 28.9 Å². The van der Waals surface area contributed by atoms with Crippen LogP contribution in [0.25, 0.3) is 0 Å². The van der Waals surface area contributed by atoms with Gasteiger partial charge in [-0.3, -0.25) is 0 Å². The van der Waals surface area contributed by atoms with Crippen LogP contribution in [0.3, 0.4) is 0 Å². The summed E-state index contributed by atoms with van der Waals surface area (Å²) in [5, 5.41) is 0.204. The zero-order valence-electron chi connectivity index (χ0n) is 54.9. The number of benzene rings is 2. The molecule has 3 spiro atoms. The molecule has 23 heteroatoms. The topological polar surface area (TPSA) is 176 Å². The molecule has 3 aromatic heterocycles. The Bertz CT molecular complexity index is 3960. The molecule has 2 aromatic carbocycles. The molecule has 14 rings (SSSR count). The second-order valence-electron chi connectivity index (χ2n) is 29.4. The van der Waals surface area contributed by atoms with Crippen LogP contribution in [0.2, 0.25) is 5.02 Å². The van der Waals surface area contributed by atoms with E-state index in [9.17, 15) is 25.3 Å². The normalized spacial score (nSPS) is 33.5. The van der Waals surface area contributed by atoms with Gasteiger partial charge in [-0.2, -0.15) is 0 Å². The Balaban J connectivity index is 0.552. The Labute approximate surface area is 568 Å². The third-order valence-electron chi connectivity index (χ3n) is 23.1. The van der Waals surface area contributed by atoms with Crippen molar-refractivity contribution >= 4 is 75.7 Å². The fourth-order valence-electron chi connectivity index (χ4n) is 17.8. The second-order valence-corrected chi connectivity index (χ2v) is 38.5. The molecular formula is C70H94ClFN6O9S6. The van der Waals surface area contributed by atoms with Gasteiger partial charge in [-0.05, 0) is 205 Å². The lowest BCUT2D eigenvalue weighted by molar-refractivity contribution is -0.118. The molecule has 508 valence electrons. The van der Waals surface area contributed by atoms with E-state index in [1.807, 2.05) is 34.8 Å². The Morgan fingerprint density at radius 3 is 1.39 bits per heavy atom. The molecule has 6 fully saturated rings. The third kappa shape index (κ3) is 13.3. The van der Waals surface area contributed by atoms with E-state index in [1.54, 1.807) is 23.5 Å². The van der Waals surface area contributed by atoms with Crippen LogP contribution in [0.1, 0.15) is 188 Å². The van der Waals surface area contributed by atoms with E-state index in [4.69, 9.17) is 25.8 Å². The van der Waals surface area contributed by atoms with Crippen molar-refractivity contribution in [3.8, 4) is 0 Å². The van der Waals surface area contributed by atoms with Gasteiger partial charge >= 0.3 is 0 Å². The number of thiophene rings is 3. The number of piperidine rings is 3. The van der Waals surface area contributed by atoms with Gasteiger partial charge in [-0.15, -0.1) is 34.0 Å². The number of rotatable bonds is 19. The first-order valence-corrected chi connectivity index (χ1v) is 42.1. The van der Waals surface area contributed by atoms with Gasteiger partial charge in [0, 0.05) is 123 Å². The van der Waals surface area contributed by atoms with Gasteiger partial charge in [-0.1, -0.05) is 44.5 Å². The Kier molecular flexibility index (Phi) is 18.9. The third-order valence-corrected chi connectivity index (χ3v) is 31.5. The number of halogens is 2. The second kappa shape index (κ2) is 26.1.